The number of hydrogen-bond donors (Lipinski definition) is 4. The van der Waals surface area contributed by atoms with Gasteiger partial charge in [-0.05, 0) is 0 Å². The van der Waals surface area contributed by atoms with Crippen LogP contribution in [0.4, 0.5) is 0 Å². The lowest BCUT2D eigenvalue weighted by Gasteiger charge is -2.26. The van der Waals surface area contributed by atoms with Crippen LogP contribution in [0.5, 0.6) is 0 Å². The molecule has 2 unspecified atom stereocenters. The zero-order valence-corrected chi connectivity index (χ0v) is 9.69. The van der Waals surface area contributed by atoms with Gasteiger partial charge in [0.25, 0.3) is 0 Å². The van der Waals surface area contributed by atoms with Gasteiger partial charge in [0.1, 0.15) is 6.54 Å². The van der Waals surface area contributed by atoms with Gasteiger partial charge in [-0.2, -0.15) is 0 Å². The highest BCUT2D eigenvalue weighted by atomic mass is 31.2. The van der Waals surface area contributed by atoms with Crippen LogP contribution in [-0.4, -0.2) is 35.3 Å². The normalized spacial score (nSPS) is 17.3. The zero-order valence-electron chi connectivity index (χ0n) is 7.79. The standard InChI is InChI=1S/C5H10N2O7P2/c8-5(13-15(9)10,14-16(11)12)3-7-2-1-6-4-7/h1-2,4,8-10,16H,3H2,(H,11,12). The van der Waals surface area contributed by atoms with Crippen LogP contribution in [0.15, 0.2) is 18.7 Å². The number of aliphatic hydroxyl groups is 1. The average Bonchev–Trinajstić information content (AvgIpc) is 2.51. The highest BCUT2D eigenvalue weighted by Gasteiger charge is 2.35. The fourth-order valence-corrected chi connectivity index (χ4v) is 1.75. The third kappa shape index (κ3) is 4.65. The molecule has 0 aliphatic rings. The van der Waals surface area contributed by atoms with Crippen LogP contribution in [0.3, 0.4) is 0 Å². The van der Waals surface area contributed by atoms with Crippen molar-refractivity contribution in [3.63, 3.8) is 0 Å². The van der Waals surface area contributed by atoms with E-state index < -0.39 is 29.4 Å². The smallest absolute Gasteiger partial charge is 0.331 e. The molecule has 0 aliphatic carbocycles. The second kappa shape index (κ2) is 5.81. The van der Waals surface area contributed by atoms with E-state index in [4.69, 9.17) is 14.7 Å². The van der Waals surface area contributed by atoms with Crippen molar-refractivity contribution in [2.45, 2.75) is 12.5 Å². The van der Waals surface area contributed by atoms with Crippen molar-refractivity contribution in [3.05, 3.63) is 18.7 Å². The number of rotatable bonds is 6. The van der Waals surface area contributed by atoms with Crippen LogP contribution >= 0.6 is 16.9 Å². The molecule has 0 amide bonds. The number of hydrogen-bond acceptors (Lipinski definition) is 7. The Morgan fingerprint density at radius 1 is 1.56 bits per heavy atom. The van der Waals surface area contributed by atoms with Crippen LogP contribution in [-0.2, 0) is 20.2 Å². The van der Waals surface area contributed by atoms with Crippen molar-refractivity contribution in [1.82, 2.24) is 9.55 Å². The molecule has 0 fully saturated rings. The Kier molecular flexibility index (Phi) is 4.97. The van der Waals surface area contributed by atoms with Crippen molar-refractivity contribution in [2.75, 3.05) is 0 Å². The molecule has 0 radical (unpaired) electrons. The summed E-state index contributed by atoms with van der Waals surface area (Å²) in [6, 6.07) is 0. The highest BCUT2D eigenvalue weighted by Crippen LogP contribution is 2.37. The van der Waals surface area contributed by atoms with Gasteiger partial charge in [0.15, 0.2) is 0 Å². The van der Waals surface area contributed by atoms with E-state index in [0.717, 1.165) is 0 Å². The molecule has 0 aliphatic heterocycles. The van der Waals surface area contributed by atoms with Crippen LogP contribution in [0.2, 0.25) is 0 Å². The maximum Gasteiger partial charge on any atom is 0.331 e. The molecule has 16 heavy (non-hydrogen) atoms. The van der Waals surface area contributed by atoms with Crippen molar-refractivity contribution >= 4 is 16.9 Å². The Balaban J connectivity index is 2.73. The van der Waals surface area contributed by atoms with Crippen molar-refractivity contribution in [1.29, 1.82) is 0 Å². The van der Waals surface area contributed by atoms with E-state index in [2.05, 4.69) is 14.0 Å². The third-order valence-electron chi connectivity index (χ3n) is 1.41. The van der Waals surface area contributed by atoms with Gasteiger partial charge in [0, 0.05) is 12.4 Å². The molecule has 0 bridgehead atoms. The number of imidazole rings is 1. The fourth-order valence-electron chi connectivity index (χ4n) is 0.955. The SMILES string of the molecule is O=[PH](O)OC(O)(Cn1ccnc1)OP(O)O. The fraction of sp³-hybridized carbons (Fsp3) is 0.400. The first-order valence-corrected chi connectivity index (χ1v) is 6.31. The summed E-state index contributed by atoms with van der Waals surface area (Å²) >= 11 is 0. The topological polar surface area (TPSA) is 134 Å². The summed E-state index contributed by atoms with van der Waals surface area (Å²) in [5.74, 6) is -2.60. The first-order valence-electron chi connectivity index (χ1n) is 3.88. The van der Waals surface area contributed by atoms with Crippen molar-refractivity contribution < 1.29 is 33.4 Å². The van der Waals surface area contributed by atoms with Crippen LogP contribution in [0.1, 0.15) is 0 Å². The quantitative estimate of drug-likeness (QED) is 0.389. The number of aromatic nitrogens is 2. The van der Waals surface area contributed by atoms with E-state index in [0.29, 0.717) is 0 Å². The Morgan fingerprint density at radius 2 is 2.25 bits per heavy atom. The van der Waals surface area contributed by atoms with Gasteiger partial charge in [0.2, 0.25) is 0 Å². The third-order valence-corrected chi connectivity index (χ3v) is 2.35. The molecule has 92 valence electrons. The van der Waals surface area contributed by atoms with E-state index in [9.17, 15) is 9.67 Å². The Hall–Kier alpha value is -0.370. The maximum atomic E-state index is 10.5. The Labute approximate surface area is 91.8 Å². The molecule has 4 N–H and O–H groups in total. The van der Waals surface area contributed by atoms with E-state index in [1.807, 2.05) is 0 Å². The first kappa shape index (κ1) is 13.7. The van der Waals surface area contributed by atoms with E-state index >= 15 is 0 Å². The molecule has 0 saturated carbocycles. The van der Waals surface area contributed by atoms with Gasteiger partial charge < -0.3 is 24.4 Å². The van der Waals surface area contributed by atoms with Crippen molar-refractivity contribution in [3.8, 4) is 0 Å². The molecule has 0 aromatic carbocycles. The van der Waals surface area contributed by atoms with E-state index in [1.165, 1.54) is 23.3 Å². The average molecular weight is 272 g/mol. The van der Waals surface area contributed by atoms with E-state index in [-0.39, 0.29) is 0 Å². The maximum absolute atomic E-state index is 10.5. The van der Waals surface area contributed by atoms with E-state index in [1.54, 1.807) is 0 Å². The summed E-state index contributed by atoms with van der Waals surface area (Å²) in [5.41, 5.74) is 0. The van der Waals surface area contributed by atoms with Crippen LogP contribution < -0.4 is 0 Å². The molecule has 0 spiro atoms. The summed E-state index contributed by atoms with van der Waals surface area (Å²) in [6.45, 7) is -0.441. The minimum atomic E-state index is -3.51. The molecule has 1 aromatic heterocycles. The monoisotopic (exact) mass is 272 g/mol. The van der Waals surface area contributed by atoms with Gasteiger partial charge in [-0.25, -0.2) is 4.98 Å². The molecular formula is C5H10N2O7P2. The summed E-state index contributed by atoms with van der Waals surface area (Å²) in [5, 5.41) is 9.59. The Morgan fingerprint density at radius 3 is 2.69 bits per heavy atom. The summed E-state index contributed by atoms with van der Waals surface area (Å²) in [4.78, 5) is 29.4. The lowest BCUT2D eigenvalue weighted by atomic mass is 10.5. The van der Waals surface area contributed by atoms with Gasteiger partial charge in [-0.1, -0.05) is 0 Å². The minimum Gasteiger partial charge on any atom is -0.341 e. The second-order valence-electron chi connectivity index (χ2n) is 2.66. The second-order valence-corrected chi connectivity index (χ2v) is 4.08. The first-order chi connectivity index (χ1) is 7.41. The zero-order chi connectivity index (χ0) is 12.2. The van der Waals surface area contributed by atoms with Crippen LogP contribution in [0, 0.1) is 0 Å². The molecule has 0 saturated heterocycles. The molecular weight excluding hydrogens is 262 g/mol. The molecule has 1 aromatic rings. The molecule has 2 atom stereocenters. The predicted octanol–water partition coefficient (Wildman–Crippen LogP) is -0.844. The molecule has 1 heterocycles. The minimum absolute atomic E-state index is 0.441. The van der Waals surface area contributed by atoms with Gasteiger partial charge >= 0.3 is 22.8 Å². The Bertz CT molecular complexity index is 345. The van der Waals surface area contributed by atoms with Crippen LogP contribution in [0.25, 0.3) is 0 Å². The number of nitrogens with zero attached hydrogens (tertiary/aromatic N) is 2. The van der Waals surface area contributed by atoms with Gasteiger partial charge in [0.05, 0.1) is 6.33 Å². The lowest BCUT2D eigenvalue weighted by Crippen LogP contribution is -2.36. The lowest BCUT2D eigenvalue weighted by molar-refractivity contribution is -0.283. The van der Waals surface area contributed by atoms with Gasteiger partial charge in [-0.15, -0.1) is 0 Å². The summed E-state index contributed by atoms with van der Waals surface area (Å²) in [7, 11) is -6.45. The highest BCUT2D eigenvalue weighted by molar-refractivity contribution is 7.39. The largest absolute Gasteiger partial charge is 0.341 e. The summed E-state index contributed by atoms with van der Waals surface area (Å²) in [6.07, 6.45) is 4.09. The molecule has 1 rings (SSSR count). The molecule has 11 heteroatoms. The predicted molar refractivity (Wildman–Crippen MR) is 51.9 cm³/mol. The van der Waals surface area contributed by atoms with Gasteiger partial charge in [-0.3, -0.25) is 13.6 Å². The summed E-state index contributed by atoms with van der Waals surface area (Å²) < 4.78 is 20.2. The van der Waals surface area contributed by atoms with Crippen molar-refractivity contribution in [2.24, 2.45) is 0 Å². The molecule has 9 nitrogen and oxygen atoms in total.